The lowest BCUT2D eigenvalue weighted by Crippen LogP contribution is -2.17. The minimum Gasteiger partial charge on any atom is -0.465 e. The van der Waals surface area contributed by atoms with E-state index in [4.69, 9.17) is 9.47 Å². The van der Waals surface area contributed by atoms with Crippen LogP contribution in [0.25, 0.3) is 11.3 Å². The number of para-hydroxylation sites is 1. The Hall–Kier alpha value is -2.40. The summed E-state index contributed by atoms with van der Waals surface area (Å²) in [6, 6.07) is 8.91. The molecule has 1 aromatic carbocycles. The molecule has 1 aliphatic heterocycles. The molecule has 20 heavy (non-hydrogen) atoms. The lowest BCUT2D eigenvalue weighted by Gasteiger charge is -2.25. The van der Waals surface area contributed by atoms with Crippen LogP contribution >= 0.6 is 0 Å². The number of pyridine rings is 1. The van der Waals surface area contributed by atoms with Crippen LogP contribution in [-0.4, -0.2) is 23.2 Å². The molecular weight excluding hydrogens is 258 g/mol. The number of aryl methyl sites for hydroxylation is 1. The summed E-state index contributed by atoms with van der Waals surface area (Å²) in [7, 11) is 1.31. The summed E-state index contributed by atoms with van der Waals surface area (Å²) in [5.41, 5.74) is 2.78. The third kappa shape index (κ3) is 1.83. The minimum atomic E-state index is -1.14. The van der Waals surface area contributed by atoms with Gasteiger partial charge in [0, 0.05) is 11.1 Å². The largest absolute Gasteiger partial charge is 0.465 e. The predicted octanol–water partition coefficient (Wildman–Crippen LogP) is 2.23. The van der Waals surface area contributed by atoms with Crippen LogP contribution < -0.4 is 4.74 Å². The van der Waals surface area contributed by atoms with Crippen molar-refractivity contribution >= 4 is 5.97 Å². The summed E-state index contributed by atoms with van der Waals surface area (Å²) in [5, 5.41) is 10.1. The molecule has 5 nitrogen and oxygen atoms in total. The first-order valence-electron chi connectivity index (χ1n) is 6.16. The van der Waals surface area contributed by atoms with Crippen molar-refractivity contribution in [2.24, 2.45) is 0 Å². The number of ether oxygens (including phenoxy) is 2. The van der Waals surface area contributed by atoms with Crippen molar-refractivity contribution in [3.05, 3.63) is 47.2 Å². The number of fused-ring (bicyclic) bond motifs is 3. The van der Waals surface area contributed by atoms with Crippen molar-refractivity contribution in [2.75, 3.05) is 7.11 Å². The highest BCUT2D eigenvalue weighted by molar-refractivity contribution is 5.91. The van der Waals surface area contributed by atoms with E-state index in [0.29, 0.717) is 28.3 Å². The second kappa shape index (κ2) is 4.61. The quantitative estimate of drug-likeness (QED) is 0.805. The van der Waals surface area contributed by atoms with E-state index >= 15 is 0 Å². The second-order valence-electron chi connectivity index (χ2n) is 4.52. The van der Waals surface area contributed by atoms with Gasteiger partial charge in [-0.2, -0.15) is 0 Å². The second-order valence-corrected chi connectivity index (χ2v) is 4.52. The molecule has 0 saturated carbocycles. The Morgan fingerprint density at radius 2 is 2.15 bits per heavy atom. The number of aliphatic hydroxyl groups excluding tert-OH is 1. The van der Waals surface area contributed by atoms with Crippen LogP contribution in [-0.2, 0) is 4.74 Å². The number of methoxy groups -OCH3 is 1. The van der Waals surface area contributed by atoms with Crippen molar-refractivity contribution in [3.63, 3.8) is 0 Å². The Morgan fingerprint density at radius 3 is 2.90 bits per heavy atom. The first-order chi connectivity index (χ1) is 9.61. The number of hydrogen-bond acceptors (Lipinski definition) is 5. The van der Waals surface area contributed by atoms with Crippen molar-refractivity contribution < 1.29 is 19.4 Å². The number of rotatable bonds is 1. The van der Waals surface area contributed by atoms with E-state index in [1.54, 1.807) is 19.1 Å². The van der Waals surface area contributed by atoms with Gasteiger partial charge in [-0.3, -0.25) is 4.98 Å². The third-order valence-corrected chi connectivity index (χ3v) is 3.29. The third-order valence-electron chi connectivity index (χ3n) is 3.29. The monoisotopic (exact) mass is 271 g/mol. The highest BCUT2D eigenvalue weighted by atomic mass is 16.6. The Labute approximate surface area is 115 Å². The van der Waals surface area contributed by atoms with Gasteiger partial charge in [0.15, 0.2) is 0 Å². The average molecular weight is 271 g/mol. The molecule has 2 heterocycles. The molecule has 0 bridgehead atoms. The Bertz CT molecular complexity index is 696. The number of hydrogen-bond donors (Lipinski definition) is 1. The standard InChI is InChI=1S/C15H13NO4/c1-8-10(14(17)19-2)7-11-13(16-8)9-5-3-4-6-12(9)20-15(11)18/h3-7,15,18H,1-2H3/t15-/m1/s1. The Kier molecular flexibility index (Phi) is 2.91. The van der Waals surface area contributed by atoms with E-state index in [2.05, 4.69) is 4.98 Å². The van der Waals surface area contributed by atoms with E-state index in [9.17, 15) is 9.90 Å². The summed E-state index contributed by atoms with van der Waals surface area (Å²) in [5.74, 6) is 0.0917. The number of aromatic nitrogens is 1. The summed E-state index contributed by atoms with van der Waals surface area (Å²) in [4.78, 5) is 16.1. The van der Waals surface area contributed by atoms with Gasteiger partial charge in [-0.05, 0) is 25.1 Å². The Balaban J connectivity index is 2.23. The van der Waals surface area contributed by atoms with E-state index in [-0.39, 0.29) is 0 Å². The summed E-state index contributed by atoms with van der Waals surface area (Å²) >= 11 is 0. The summed E-state index contributed by atoms with van der Waals surface area (Å²) in [6.45, 7) is 1.73. The zero-order valence-electron chi connectivity index (χ0n) is 11.1. The molecule has 0 amide bonds. The van der Waals surface area contributed by atoms with Crippen LogP contribution in [0.4, 0.5) is 0 Å². The summed E-state index contributed by atoms with van der Waals surface area (Å²) in [6.07, 6.45) is -1.14. The van der Waals surface area contributed by atoms with Gasteiger partial charge < -0.3 is 14.6 Å². The van der Waals surface area contributed by atoms with Gasteiger partial charge in [-0.15, -0.1) is 0 Å². The highest BCUT2D eigenvalue weighted by Gasteiger charge is 2.27. The molecule has 0 fully saturated rings. The smallest absolute Gasteiger partial charge is 0.339 e. The molecule has 0 aliphatic carbocycles. The number of carbonyl (C=O) groups excluding carboxylic acids is 1. The van der Waals surface area contributed by atoms with Crippen LogP contribution in [0, 0.1) is 6.92 Å². The number of benzene rings is 1. The molecular formula is C15H13NO4. The molecule has 1 aromatic heterocycles. The van der Waals surface area contributed by atoms with Gasteiger partial charge in [0.25, 0.3) is 0 Å². The van der Waals surface area contributed by atoms with Gasteiger partial charge in [0.05, 0.1) is 24.1 Å². The molecule has 1 aliphatic rings. The fraction of sp³-hybridized carbons (Fsp3) is 0.200. The maximum atomic E-state index is 11.7. The minimum absolute atomic E-state index is 0.327. The van der Waals surface area contributed by atoms with E-state index < -0.39 is 12.3 Å². The maximum absolute atomic E-state index is 11.7. The van der Waals surface area contributed by atoms with Crippen molar-refractivity contribution in [1.82, 2.24) is 4.98 Å². The number of aliphatic hydroxyl groups is 1. The van der Waals surface area contributed by atoms with E-state index in [1.807, 2.05) is 18.2 Å². The van der Waals surface area contributed by atoms with Crippen LogP contribution in [0.3, 0.4) is 0 Å². The first kappa shape index (κ1) is 12.6. The molecule has 1 N–H and O–H groups in total. The molecule has 0 saturated heterocycles. The van der Waals surface area contributed by atoms with Crippen LogP contribution in [0.1, 0.15) is 27.9 Å². The number of esters is 1. The van der Waals surface area contributed by atoms with Gasteiger partial charge in [0.1, 0.15) is 5.75 Å². The lowest BCUT2D eigenvalue weighted by atomic mass is 9.99. The molecule has 1 atom stereocenters. The summed E-state index contributed by atoms with van der Waals surface area (Å²) < 4.78 is 10.1. The molecule has 102 valence electrons. The van der Waals surface area contributed by atoms with Crippen LogP contribution in [0.2, 0.25) is 0 Å². The molecule has 0 unspecified atom stereocenters. The van der Waals surface area contributed by atoms with Gasteiger partial charge in [0.2, 0.25) is 6.29 Å². The molecule has 0 radical (unpaired) electrons. The molecule has 0 spiro atoms. The first-order valence-corrected chi connectivity index (χ1v) is 6.16. The van der Waals surface area contributed by atoms with E-state index in [0.717, 1.165) is 5.56 Å². The highest BCUT2D eigenvalue weighted by Crippen LogP contribution is 2.40. The van der Waals surface area contributed by atoms with E-state index in [1.165, 1.54) is 7.11 Å². The van der Waals surface area contributed by atoms with Crippen LogP contribution in [0.15, 0.2) is 30.3 Å². The van der Waals surface area contributed by atoms with Gasteiger partial charge in [-0.1, -0.05) is 12.1 Å². The molecule has 2 aromatic rings. The fourth-order valence-electron chi connectivity index (χ4n) is 2.29. The normalized spacial score (nSPS) is 15.8. The Morgan fingerprint density at radius 1 is 1.40 bits per heavy atom. The van der Waals surface area contributed by atoms with Gasteiger partial charge >= 0.3 is 5.97 Å². The molecule has 5 heteroatoms. The van der Waals surface area contributed by atoms with Gasteiger partial charge in [-0.25, -0.2) is 4.79 Å². The topological polar surface area (TPSA) is 68.7 Å². The molecule has 3 rings (SSSR count). The van der Waals surface area contributed by atoms with Crippen molar-refractivity contribution in [3.8, 4) is 17.0 Å². The SMILES string of the molecule is COC(=O)c1cc2c(nc1C)-c1ccccc1O[C@H]2O. The zero-order chi connectivity index (χ0) is 14.3. The maximum Gasteiger partial charge on any atom is 0.339 e. The van der Waals surface area contributed by atoms with Crippen LogP contribution in [0.5, 0.6) is 5.75 Å². The van der Waals surface area contributed by atoms with Crippen molar-refractivity contribution in [1.29, 1.82) is 0 Å². The number of carbonyl (C=O) groups is 1. The number of nitrogens with zero attached hydrogens (tertiary/aromatic N) is 1. The zero-order valence-corrected chi connectivity index (χ0v) is 11.1. The average Bonchev–Trinajstić information content (AvgIpc) is 2.46. The fourth-order valence-corrected chi connectivity index (χ4v) is 2.29. The lowest BCUT2D eigenvalue weighted by molar-refractivity contribution is -0.0217. The van der Waals surface area contributed by atoms with Crippen molar-refractivity contribution in [2.45, 2.75) is 13.2 Å². The predicted molar refractivity (Wildman–Crippen MR) is 71.3 cm³/mol.